The summed E-state index contributed by atoms with van der Waals surface area (Å²) < 4.78 is 10.8. The highest BCUT2D eigenvalue weighted by Gasteiger charge is 2.30. The first-order valence-electron chi connectivity index (χ1n) is 9.67. The van der Waals surface area contributed by atoms with Crippen LogP contribution in [0.25, 0.3) is 0 Å². The number of carbonyl (C=O) groups excluding carboxylic acids is 1. The fourth-order valence-electron chi connectivity index (χ4n) is 3.58. The molecule has 27 heavy (non-hydrogen) atoms. The number of hydrogen-bond donors (Lipinski definition) is 0. The number of hydrazone groups is 1. The topological polar surface area (TPSA) is 54.4 Å². The monoisotopic (exact) mass is 391 g/mol. The Morgan fingerprint density at radius 2 is 1.89 bits per heavy atom. The van der Waals surface area contributed by atoms with E-state index in [1.165, 1.54) is 37.7 Å². The Balaban J connectivity index is 1.76. The number of rotatable bonds is 8. The minimum Gasteiger partial charge on any atom is -0.493 e. The summed E-state index contributed by atoms with van der Waals surface area (Å²) in [5.74, 6) is 1.37. The van der Waals surface area contributed by atoms with E-state index >= 15 is 0 Å². The molecule has 2 heterocycles. The van der Waals surface area contributed by atoms with Gasteiger partial charge in [-0.2, -0.15) is 5.10 Å². The molecular formula is C20H29N3O3S. The number of carbonyl (C=O) groups is 1. The Morgan fingerprint density at radius 3 is 2.56 bits per heavy atom. The van der Waals surface area contributed by atoms with Crippen molar-refractivity contribution in [1.82, 2.24) is 9.91 Å². The van der Waals surface area contributed by atoms with E-state index in [1.54, 1.807) is 19.2 Å². The van der Waals surface area contributed by atoms with Gasteiger partial charge >= 0.3 is 5.24 Å². The fourth-order valence-corrected chi connectivity index (χ4v) is 4.54. The smallest absolute Gasteiger partial charge is 0.302 e. The van der Waals surface area contributed by atoms with Gasteiger partial charge in [-0.3, -0.25) is 4.79 Å². The summed E-state index contributed by atoms with van der Waals surface area (Å²) in [5.41, 5.74) is 1.91. The number of thioether (sulfide) groups is 1. The molecule has 0 N–H and O–H groups in total. The maximum Gasteiger partial charge on any atom is 0.302 e. The van der Waals surface area contributed by atoms with Crippen molar-refractivity contribution in [2.75, 3.05) is 40.4 Å². The summed E-state index contributed by atoms with van der Waals surface area (Å²) in [6, 6.07) is 5.82. The lowest BCUT2D eigenvalue weighted by Gasteiger charge is -2.29. The van der Waals surface area contributed by atoms with Gasteiger partial charge in [0.2, 0.25) is 0 Å². The third-order valence-electron chi connectivity index (χ3n) is 5.08. The number of hydrogen-bond acceptors (Lipinski definition) is 6. The summed E-state index contributed by atoms with van der Waals surface area (Å²) in [6.45, 7) is 6.15. The van der Waals surface area contributed by atoms with Crippen LogP contribution in [0, 0.1) is 0 Å². The molecule has 0 aliphatic carbocycles. The standard InChI is InChI=1S/C20H29N3O3S/c1-4-18-19(15-8-9-16(25-2)17(14-15)26-3)21-23(20(24)27-18)13-7-12-22-10-5-6-11-22/h8-9,14,18H,4-7,10-13H2,1-3H3. The normalized spacial score (nSPS) is 20.7. The van der Waals surface area contributed by atoms with Gasteiger partial charge in [0.05, 0.1) is 25.2 Å². The minimum atomic E-state index is 0.0486. The number of benzene rings is 1. The second kappa shape index (κ2) is 9.46. The molecule has 1 atom stereocenters. The summed E-state index contributed by atoms with van der Waals surface area (Å²) in [5, 5.41) is 6.49. The molecule has 2 aliphatic rings. The zero-order valence-electron chi connectivity index (χ0n) is 16.4. The van der Waals surface area contributed by atoms with Gasteiger partial charge in [0.1, 0.15) is 0 Å². The highest BCUT2D eigenvalue weighted by atomic mass is 32.2. The van der Waals surface area contributed by atoms with Crippen LogP contribution in [0.5, 0.6) is 11.5 Å². The lowest BCUT2D eigenvalue weighted by Crippen LogP contribution is -2.36. The first-order valence-corrected chi connectivity index (χ1v) is 10.6. The highest BCUT2D eigenvalue weighted by molar-refractivity contribution is 8.14. The van der Waals surface area contributed by atoms with Crippen molar-refractivity contribution >= 4 is 22.7 Å². The second-order valence-electron chi connectivity index (χ2n) is 6.86. The molecule has 0 spiro atoms. The average molecular weight is 392 g/mol. The molecule has 1 aromatic rings. The maximum atomic E-state index is 12.5. The first kappa shape index (κ1) is 20.0. The Hall–Kier alpha value is -1.73. The molecule has 1 aromatic carbocycles. The first-order chi connectivity index (χ1) is 13.2. The largest absolute Gasteiger partial charge is 0.493 e. The Bertz CT molecular complexity index is 689. The van der Waals surface area contributed by atoms with Crippen molar-refractivity contribution in [2.45, 2.75) is 37.9 Å². The van der Waals surface area contributed by atoms with E-state index in [4.69, 9.17) is 14.6 Å². The van der Waals surface area contributed by atoms with Gasteiger partial charge in [0.15, 0.2) is 11.5 Å². The molecule has 7 heteroatoms. The van der Waals surface area contributed by atoms with Crippen LogP contribution in [-0.4, -0.2) is 66.5 Å². The van der Waals surface area contributed by atoms with Crippen molar-refractivity contribution in [3.63, 3.8) is 0 Å². The Kier molecular flexibility index (Phi) is 7.01. The van der Waals surface area contributed by atoms with Crippen LogP contribution in [0.1, 0.15) is 38.2 Å². The molecule has 0 bridgehead atoms. The quantitative estimate of drug-likeness (QED) is 0.674. The van der Waals surface area contributed by atoms with Crippen molar-refractivity contribution in [3.05, 3.63) is 23.8 Å². The van der Waals surface area contributed by atoms with E-state index in [-0.39, 0.29) is 10.5 Å². The van der Waals surface area contributed by atoms with Crippen LogP contribution >= 0.6 is 11.8 Å². The molecule has 0 aromatic heterocycles. The molecule has 3 rings (SSSR count). The zero-order valence-corrected chi connectivity index (χ0v) is 17.3. The van der Waals surface area contributed by atoms with Crippen molar-refractivity contribution in [3.8, 4) is 11.5 Å². The average Bonchev–Trinajstić information content (AvgIpc) is 3.21. The summed E-state index contributed by atoms with van der Waals surface area (Å²) in [6.07, 6.45) is 4.38. The molecule has 1 unspecified atom stereocenters. The SMILES string of the molecule is CCC1SC(=O)N(CCCN2CCCC2)N=C1c1ccc(OC)c(OC)c1. The van der Waals surface area contributed by atoms with Gasteiger partial charge in [-0.05, 0) is 63.5 Å². The molecule has 148 valence electrons. The molecule has 0 saturated carbocycles. The van der Waals surface area contributed by atoms with E-state index in [9.17, 15) is 4.79 Å². The van der Waals surface area contributed by atoms with E-state index in [1.807, 2.05) is 18.2 Å². The highest BCUT2D eigenvalue weighted by Crippen LogP contribution is 2.33. The number of ether oxygens (including phenoxy) is 2. The third-order valence-corrected chi connectivity index (χ3v) is 6.33. The van der Waals surface area contributed by atoms with E-state index in [0.717, 1.165) is 30.7 Å². The van der Waals surface area contributed by atoms with Gasteiger partial charge < -0.3 is 14.4 Å². The fraction of sp³-hybridized carbons (Fsp3) is 0.600. The zero-order chi connectivity index (χ0) is 19.2. The van der Waals surface area contributed by atoms with Crippen LogP contribution < -0.4 is 9.47 Å². The molecule has 1 amide bonds. The molecule has 1 fully saturated rings. The molecule has 2 aliphatic heterocycles. The van der Waals surface area contributed by atoms with Gasteiger partial charge in [-0.15, -0.1) is 0 Å². The molecule has 6 nitrogen and oxygen atoms in total. The molecule has 1 saturated heterocycles. The van der Waals surface area contributed by atoms with E-state index in [2.05, 4.69) is 11.8 Å². The second-order valence-corrected chi connectivity index (χ2v) is 8.02. The van der Waals surface area contributed by atoms with Crippen LogP contribution in [0.4, 0.5) is 4.79 Å². The van der Waals surface area contributed by atoms with Crippen molar-refractivity contribution < 1.29 is 14.3 Å². The lowest BCUT2D eigenvalue weighted by molar-refractivity contribution is 0.219. The van der Waals surface area contributed by atoms with Gasteiger partial charge in [0, 0.05) is 12.1 Å². The number of nitrogens with zero attached hydrogens (tertiary/aromatic N) is 3. The summed E-state index contributed by atoms with van der Waals surface area (Å²) in [4.78, 5) is 15.0. The number of amides is 1. The van der Waals surface area contributed by atoms with Crippen molar-refractivity contribution in [1.29, 1.82) is 0 Å². The number of methoxy groups -OCH3 is 2. The maximum absolute atomic E-state index is 12.5. The minimum absolute atomic E-state index is 0.0486. The Morgan fingerprint density at radius 1 is 1.15 bits per heavy atom. The van der Waals surface area contributed by atoms with Gasteiger partial charge in [-0.25, -0.2) is 5.01 Å². The summed E-state index contributed by atoms with van der Waals surface area (Å²) >= 11 is 1.37. The van der Waals surface area contributed by atoms with E-state index in [0.29, 0.717) is 18.0 Å². The van der Waals surface area contributed by atoms with Gasteiger partial charge in [-0.1, -0.05) is 18.7 Å². The lowest BCUT2D eigenvalue weighted by atomic mass is 10.0. The van der Waals surface area contributed by atoms with Crippen LogP contribution in [-0.2, 0) is 0 Å². The predicted octanol–water partition coefficient (Wildman–Crippen LogP) is 3.84. The molecule has 0 radical (unpaired) electrons. The summed E-state index contributed by atoms with van der Waals surface area (Å²) in [7, 11) is 3.26. The molecular weight excluding hydrogens is 362 g/mol. The van der Waals surface area contributed by atoms with Crippen LogP contribution in [0.2, 0.25) is 0 Å². The van der Waals surface area contributed by atoms with Crippen LogP contribution in [0.3, 0.4) is 0 Å². The van der Waals surface area contributed by atoms with Gasteiger partial charge in [0.25, 0.3) is 0 Å². The predicted molar refractivity (Wildman–Crippen MR) is 110 cm³/mol. The Labute approximate surface area is 165 Å². The number of likely N-dealkylation sites (tertiary alicyclic amines) is 1. The third kappa shape index (κ3) is 4.76. The van der Waals surface area contributed by atoms with Crippen molar-refractivity contribution in [2.24, 2.45) is 5.10 Å². The van der Waals surface area contributed by atoms with Crippen LogP contribution in [0.15, 0.2) is 23.3 Å². The van der Waals surface area contributed by atoms with E-state index < -0.39 is 0 Å².